The lowest BCUT2D eigenvalue weighted by molar-refractivity contribution is -0.00240. The predicted molar refractivity (Wildman–Crippen MR) is 51.9 cm³/mol. The van der Waals surface area contributed by atoms with Crippen molar-refractivity contribution in [1.29, 1.82) is 0 Å². The monoisotopic (exact) mass is 200 g/mol. The highest BCUT2D eigenvalue weighted by Gasteiger charge is 2.30. The van der Waals surface area contributed by atoms with Gasteiger partial charge in [-0.25, -0.2) is 0 Å². The molecule has 6 heteroatoms. The lowest BCUT2D eigenvalue weighted by atomic mass is 10.3. The first-order chi connectivity index (χ1) is 6.77. The van der Waals surface area contributed by atoms with Crippen LogP contribution in [0.1, 0.15) is 6.92 Å². The molecular formula is C8H16N4O2. The maximum atomic E-state index is 9.58. The molecule has 1 N–H and O–H groups in total. The smallest absolute Gasteiger partial charge is 0.0972 e. The predicted octanol–water partition coefficient (Wildman–Crippen LogP) is 0.378. The Morgan fingerprint density at radius 2 is 2.43 bits per heavy atom. The SMILES string of the molecule is CCO[C@H]1CN(CCN=[N+]=[N-])C[C@@H]1O. The van der Waals surface area contributed by atoms with Crippen LogP contribution in [0.2, 0.25) is 0 Å². The number of hydrogen-bond acceptors (Lipinski definition) is 4. The van der Waals surface area contributed by atoms with Gasteiger partial charge in [-0.1, -0.05) is 5.11 Å². The van der Waals surface area contributed by atoms with Crippen molar-refractivity contribution in [3.05, 3.63) is 10.4 Å². The zero-order chi connectivity index (χ0) is 10.4. The molecule has 1 heterocycles. The molecule has 0 aromatic carbocycles. The summed E-state index contributed by atoms with van der Waals surface area (Å²) in [4.78, 5) is 4.72. The third-order valence-corrected chi connectivity index (χ3v) is 2.27. The van der Waals surface area contributed by atoms with Crippen LogP contribution in [0.3, 0.4) is 0 Å². The molecule has 1 aliphatic heterocycles. The molecule has 80 valence electrons. The molecule has 0 aromatic rings. The van der Waals surface area contributed by atoms with Gasteiger partial charge in [0.05, 0.1) is 12.2 Å². The number of rotatable bonds is 5. The van der Waals surface area contributed by atoms with E-state index in [1.54, 1.807) is 0 Å². The van der Waals surface area contributed by atoms with E-state index < -0.39 is 6.10 Å². The molecule has 0 spiro atoms. The number of ether oxygens (including phenoxy) is 1. The first-order valence-corrected chi connectivity index (χ1v) is 4.80. The number of likely N-dealkylation sites (tertiary alicyclic amines) is 1. The van der Waals surface area contributed by atoms with Gasteiger partial charge in [0.15, 0.2) is 0 Å². The van der Waals surface area contributed by atoms with Crippen LogP contribution in [0, 0.1) is 0 Å². The van der Waals surface area contributed by atoms with Crippen molar-refractivity contribution in [3.63, 3.8) is 0 Å². The van der Waals surface area contributed by atoms with Crippen molar-refractivity contribution in [1.82, 2.24) is 4.90 Å². The van der Waals surface area contributed by atoms with Gasteiger partial charge in [0, 0.05) is 37.7 Å². The van der Waals surface area contributed by atoms with Gasteiger partial charge in [-0.05, 0) is 12.5 Å². The third-order valence-electron chi connectivity index (χ3n) is 2.27. The van der Waals surface area contributed by atoms with Crippen LogP contribution in [0.15, 0.2) is 5.11 Å². The van der Waals surface area contributed by atoms with Crippen molar-refractivity contribution in [2.45, 2.75) is 19.1 Å². The van der Waals surface area contributed by atoms with E-state index in [0.717, 1.165) is 6.54 Å². The maximum Gasteiger partial charge on any atom is 0.0972 e. The molecule has 6 nitrogen and oxygen atoms in total. The summed E-state index contributed by atoms with van der Waals surface area (Å²) < 4.78 is 5.36. The van der Waals surface area contributed by atoms with Crippen molar-refractivity contribution in [3.8, 4) is 0 Å². The van der Waals surface area contributed by atoms with Gasteiger partial charge in [-0.2, -0.15) is 0 Å². The van der Waals surface area contributed by atoms with Gasteiger partial charge in [-0.15, -0.1) is 0 Å². The number of azide groups is 1. The van der Waals surface area contributed by atoms with Crippen LogP contribution in [0.5, 0.6) is 0 Å². The van der Waals surface area contributed by atoms with Crippen molar-refractivity contribution >= 4 is 0 Å². The van der Waals surface area contributed by atoms with Crippen LogP contribution < -0.4 is 0 Å². The lowest BCUT2D eigenvalue weighted by Crippen LogP contribution is -2.27. The molecule has 0 radical (unpaired) electrons. The average molecular weight is 200 g/mol. The lowest BCUT2D eigenvalue weighted by Gasteiger charge is -2.13. The summed E-state index contributed by atoms with van der Waals surface area (Å²) in [6.07, 6.45) is -0.507. The van der Waals surface area contributed by atoms with Crippen molar-refractivity contribution in [2.75, 3.05) is 32.8 Å². The van der Waals surface area contributed by atoms with E-state index in [9.17, 15) is 5.11 Å². The highest BCUT2D eigenvalue weighted by molar-refractivity contribution is 4.84. The maximum absolute atomic E-state index is 9.58. The Bertz CT molecular complexity index is 217. The Morgan fingerprint density at radius 3 is 3.07 bits per heavy atom. The number of aliphatic hydroxyl groups excluding tert-OH is 1. The summed E-state index contributed by atoms with van der Waals surface area (Å²) in [5.41, 5.74) is 8.09. The minimum absolute atomic E-state index is 0.0916. The highest BCUT2D eigenvalue weighted by atomic mass is 16.5. The fraction of sp³-hybridized carbons (Fsp3) is 1.00. The van der Waals surface area contributed by atoms with E-state index in [-0.39, 0.29) is 6.10 Å². The van der Waals surface area contributed by atoms with Gasteiger partial charge in [0.25, 0.3) is 0 Å². The summed E-state index contributed by atoms with van der Waals surface area (Å²) in [7, 11) is 0. The molecule has 1 aliphatic rings. The second-order valence-corrected chi connectivity index (χ2v) is 3.28. The summed E-state index contributed by atoms with van der Waals surface area (Å²) in [5, 5.41) is 13.0. The topological polar surface area (TPSA) is 81.5 Å². The largest absolute Gasteiger partial charge is 0.389 e. The minimum Gasteiger partial charge on any atom is -0.389 e. The quantitative estimate of drug-likeness (QED) is 0.395. The van der Waals surface area contributed by atoms with Crippen LogP contribution in [0.25, 0.3) is 10.4 Å². The van der Waals surface area contributed by atoms with E-state index >= 15 is 0 Å². The number of aliphatic hydroxyl groups is 1. The molecule has 0 bridgehead atoms. The van der Waals surface area contributed by atoms with Gasteiger partial charge >= 0.3 is 0 Å². The van der Waals surface area contributed by atoms with E-state index in [0.29, 0.717) is 26.2 Å². The summed E-state index contributed by atoms with van der Waals surface area (Å²) >= 11 is 0. The van der Waals surface area contributed by atoms with Gasteiger partial charge in [-0.3, -0.25) is 4.90 Å². The molecule has 0 aliphatic carbocycles. The molecule has 0 saturated carbocycles. The molecular weight excluding hydrogens is 184 g/mol. The summed E-state index contributed by atoms with van der Waals surface area (Å²) in [6.45, 7) is 4.98. The first-order valence-electron chi connectivity index (χ1n) is 4.80. The molecule has 1 saturated heterocycles. The fourth-order valence-corrected chi connectivity index (χ4v) is 1.62. The van der Waals surface area contributed by atoms with Crippen molar-refractivity contribution in [2.24, 2.45) is 5.11 Å². The Hall–Kier alpha value is -0.810. The summed E-state index contributed by atoms with van der Waals surface area (Å²) in [6, 6.07) is 0. The molecule has 2 atom stereocenters. The van der Waals surface area contributed by atoms with E-state index in [1.807, 2.05) is 11.8 Å². The second kappa shape index (κ2) is 5.82. The Balaban J connectivity index is 2.27. The number of nitrogens with zero attached hydrogens (tertiary/aromatic N) is 4. The first kappa shape index (κ1) is 11.3. The molecule has 0 amide bonds. The Morgan fingerprint density at radius 1 is 1.64 bits per heavy atom. The Kier molecular flexibility index (Phi) is 4.69. The van der Waals surface area contributed by atoms with Crippen LogP contribution in [-0.4, -0.2) is 55.0 Å². The molecule has 0 unspecified atom stereocenters. The standard InChI is InChI=1S/C8H16N4O2/c1-2-14-8-6-12(5-7(8)13)4-3-10-11-9/h7-8,13H,2-6H2,1H3/t7-,8-/m0/s1. The normalized spacial score (nSPS) is 27.6. The Labute approximate surface area is 83.1 Å². The zero-order valence-electron chi connectivity index (χ0n) is 8.33. The molecule has 14 heavy (non-hydrogen) atoms. The second-order valence-electron chi connectivity index (χ2n) is 3.28. The van der Waals surface area contributed by atoms with E-state index in [4.69, 9.17) is 10.3 Å². The van der Waals surface area contributed by atoms with Gasteiger partial charge < -0.3 is 9.84 Å². The van der Waals surface area contributed by atoms with Crippen LogP contribution >= 0.6 is 0 Å². The number of β-amino-alcohol motifs (C(OH)–C–C–N with tert-alkyl or cyclic N) is 1. The van der Waals surface area contributed by atoms with E-state index in [1.165, 1.54) is 0 Å². The summed E-state index contributed by atoms with van der Waals surface area (Å²) in [5.74, 6) is 0. The van der Waals surface area contributed by atoms with Gasteiger partial charge in [0.2, 0.25) is 0 Å². The molecule has 1 rings (SSSR count). The van der Waals surface area contributed by atoms with Crippen LogP contribution in [-0.2, 0) is 4.74 Å². The van der Waals surface area contributed by atoms with E-state index in [2.05, 4.69) is 10.0 Å². The zero-order valence-corrected chi connectivity index (χ0v) is 8.33. The highest BCUT2D eigenvalue weighted by Crippen LogP contribution is 2.12. The average Bonchev–Trinajstić information content (AvgIpc) is 2.49. The van der Waals surface area contributed by atoms with Crippen molar-refractivity contribution < 1.29 is 9.84 Å². The van der Waals surface area contributed by atoms with Crippen LogP contribution in [0.4, 0.5) is 0 Å². The number of hydrogen-bond donors (Lipinski definition) is 1. The minimum atomic E-state index is -0.416. The third kappa shape index (κ3) is 3.16. The van der Waals surface area contributed by atoms with Gasteiger partial charge in [0.1, 0.15) is 0 Å². The molecule has 0 aromatic heterocycles. The molecule has 1 fully saturated rings. The fourth-order valence-electron chi connectivity index (χ4n) is 1.62.